The van der Waals surface area contributed by atoms with Gasteiger partial charge in [0.2, 0.25) is 0 Å². The van der Waals surface area contributed by atoms with Crippen LogP contribution >= 0.6 is 11.3 Å². The zero-order valence-electron chi connectivity index (χ0n) is 8.03. The van der Waals surface area contributed by atoms with E-state index in [4.69, 9.17) is 0 Å². The van der Waals surface area contributed by atoms with E-state index in [0.717, 1.165) is 13.0 Å². The molecule has 0 aliphatic carbocycles. The SMILES string of the molecule is CC(C)N=C=NCCc1cccs1. The first-order valence-corrected chi connectivity index (χ1v) is 5.30. The number of rotatable bonds is 4. The average molecular weight is 194 g/mol. The number of hydrogen-bond acceptors (Lipinski definition) is 3. The van der Waals surface area contributed by atoms with Gasteiger partial charge in [-0.3, -0.25) is 0 Å². The molecule has 70 valence electrons. The van der Waals surface area contributed by atoms with Gasteiger partial charge in [0.05, 0.1) is 18.6 Å². The fourth-order valence-electron chi connectivity index (χ4n) is 0.827. The van der Waals surface area contributed by atoms with Gasteiger partial charge in [0, 0.05) is 11.3 Å². The first-order chi connectivity index (χ1) is 6.29. The standard InChI is InChI=1S/C10H14N2S/c1-9(2)12-8-11-6-5-10-4-3-7-13-10/h3-4,7,9H,5-6H2,1-2H3. The van der Waals surface area contributed by atoms with Crippen molar-refractivity contribution in [3.05, 3.63) is 22.4 Å². The van der Waals surface area contributed by atoms with Crippen molar-refractivity contribution in [1.82, 2.24) is 0 Å². The van der Waals surface area contributed by atoms with Crippen LogP contribution in [0.3, 0.4) is 0 Å². The third kappa shape index (κ3) is 4.61. The monoisotopic (exact) mass is 194 g/mol. The zero-order chi connectivity index (χ0) is 9.52. The Labute approximate surface area is 83.1 Å². The predicted molar refractivity (Wildman–Crippen MR) is 57.9 cm³/mol. The van der Waals surface area contributed by atoms with Crippen molar-refractivity contribution < 1.29 is 0 Å². The van der Waals surface area contributed by atoms with Gasteiger partial charge in [-0.25, -0.2) is 9.98 Å². The van der Waals surface area contributed by atoms with Crippen LogP contribution in [0.1, 0.15) is 18.7 Å². The van der Waals surface area contributed by atoms with Gasteiger partial charge in [0.1, 0.15) is 0 Å². The van der Waals surface area contributed by atoms with Crippen molar-refractivity contribution >= 4 is 17.3 Å². The molecule has 0 aromatic carbocycles. The van der Waals surface area contributed by atoms with E-state index in [9.17, 15) is 0 Å². The topological polar surface area (TPSA) is 24.7 Å². The van der Waals surface area contributed by atoms with Crippen molar-refractivity contribution in [2.45, 2.75) is 26.3 Å². The predicted octanol–water partition coefficient (Wildman–Crippen LogP) is 2.87. The Morgan fingerprint density at radius 1 is 1.54 bits per heavy atom. The van der Waals surface area contributed by atoms with E-state index in [-0.39, 0.29) is 0 Å². The van der Waals surface area contributed by atoms with Crippen LogP contribution in [0.2, 0.25) is 0 Å². The summed E-state index contributed by atoms with van der Waals surface area (Å²) >= 11 is 1.77. The molecule has 1 aromatic heterocycles. The fourth-order valence-corrected chi connectivity index (χ4v) is 1.53. The van der Waals surface area contributed by atoms with Crippen LogP contribution in [0.15, 0.2) is 27.5 Å². The summed E-state index contributed by atoms with van der Waals surface area (Å²) < 4.78 is 0. The summed E-state index contributed by atoms with van der Waals surface area (Å²) in [5.41, 5.74) is 0. The van der Waals surface area contributed by atoms with Crippen LogP contribution in [0, 0.1) is 0 Å². The molecule has 0 saturated carbocycles. The second kappa shape index (κ2) is 5.68. The summed E-state index contributed by atoms with van der Waals surface area (Å²) in [5, 5.41) is 2.08. The minimum Gasteiger partial charge on any atom is -0.225 e. The molecule has 0 spiro atoms. The van der Waals surface area contributed by atoms with Gasteiger partial charge in [-0.2, -0.15) is 0 Å². The van der Waals surface area contributed by atoms with E-state index in [2.05, 4.69) is 33.5 Å². The molecule has 0 atom stereocenters. The Morgan fingerprint density at radius 3 is 3.00 bits per heavy atom. The Balaban J connectivity index is 2.25. The summed E-state index contributed by atoms with van der Waals surface area (Å²) in [6.45, 7) is 4.82. The largest absolute Gasteiger partial charge is 0.225 e. The van der Waals surface area contributed by atoms with Crippen LogP contribution in [0.25, 0.3) is 0 Å². The molecule has 0 saturated heterocycles. The van der Waals surface area contributed by atoms with E-state index in [1.165, 1.54) is 4.88 Å². The highest BCUT2D eigenvalue weighted by molar-refractivity contribution is 7.09. The molecule has 2 nitrogen and oxygen atoms in total. The third-order valence-electron chi connectivity index (χ3n) is 1.44. The van der Waals surface area contributed by atoms with E-state index in [0.29, 0.717) is 6.04 Å². The van der Waals surface area contributed by atoms with Crippen LogP contribution in [-0.4, -0.2) is 18.6 Å². The van der Waals surface area contributed by atoms with Crippen molar-refractivity contribution in [2.24, 2.45) is 9.98 Å². The number of nitrogens with zero attached hydrogens (tertiary/aromatic N) is 2. The summed E-state index contributed by atoms with van der Waals surface area (Å²) in [6, 6.07) is 7.18. The Hall–Kier alpha value is -0.920. The van der Waals surface area contributed by atoms with Crippen molar-refractivity contribution in [3.8, 4) is 0 Å². The first kappa shape index (κ1) is 10.2. The van der Waals surface area contributed by atoms with Crippen LogP contribution in [0.4, 0.5) is 0 Å². The summed E-state index contributed by atoms with van der Waals surface area (Å²) in [7, 11) is 0. The maximum absolute atomic E-state index is 4.08. The normalized spacial score (nSPS) is 9.77. The maximum atomic E-state index is 4.08. The third-order valence-corrected chi connectivity index (χ3v) is 2.37. The van der Waals surface area contributed by atoms with E-state index in [1.54, 1.807) is 11.3 Å². The highest BCUT2D eigenvalue weighted by Gasteiger charge is 1.90. The van der Waals surface area contributed by atoms with Gasteiger partial charge in [0.25, 0.3) is 0 Å². The Morgan fingerprint density at radius 2 is 2.38 bits per heavy atom. The molecule has 0 N–H and O–H groups in total. The summed E-state index contributed by atoms with van der Waals surface area (Å²) in [4.78, 5) is 9.48. The molecule has 0 amide bonds. The highest BCUT2D eigenvalue weighted by Crippen LogP contribution is 2.08. The quantitative estimate of drug-likeness (QED) is 0.658. The van der Waals surface area contributed by atoms with Crippen LogP contribution in [0.5, 0.6) is 0 Å². The second-order valence-corrected chi connectivity index (χ2v) is 4.07. The molecule has 1 heterocycles. The van der Waals surface area contributed by atoms with Crippen LogP contribution < -0.4 is 0 Å². The van der Waals surface area contributed by atoms with Gasteiger partial charge in [-0.05, 0) is 25.3 Å². The number of hydrogen-bond donors (Lipinski definition) is 0. The molecule has 0 aliphatic heterocycles. The molecular weight excluding hydrogens is 180 g/mol. The molecule has 0 bridgehead atoms. The van der Waals surface area contributed by atoms with Crippen molar-refractivity contribution in [1.29, 1.82) is 0 Å². The maximum Gasteiger partial charge on any atom is 0.0895 e. The lowest BCUT2D eigenvalue weighted by Gasteiger charge is -1.89. The minimum atomic E-state index is 0.297. The van der Waals surface area contributed by atoms with E-state index in [1.807, 2.05) is 13.8 Å². The average Bonchev–Trinajstić information content (AvgIpc) is 2.55. The van der Waals surface area contributed by atoms with Gasteiger partial charge in [0.15, 0.2) is 0 Å². The molecule has 3 heteroatoms. The molecule has 1 aromatic rings. The fraction of sp³-hybridized carbons (Fsp3) is 0.500. The van der Waals surface area contributed by atoms with Gasteiger partial charge >= 0.3 is 0 Å². The van der Waals surface area contributed by atoms with Crippen LogP contribution in [-0.2, 0) is 6.42 Å². The van der Waals surface area contributed by atoms with Crippen molar-refractivity contribution in [2.75, 3.05) is 6.54 Å². The number of thiophene rings is 1. The molecule has 0 radical (unpaired) electrons. The lowest BCUT2D eigenvalue weighted by molar-refractivity contribution is 0.839. The lowest BCUT2D eigenvalue weighted by Crippen LogP contribution is -1.87. The summed E-state index contributed by atoms with van der Waals surface area (Å²) in [5.74, 6) is 0. The first-order valence-electron chi connectivity index (χ1n) is 4.43. The second-order valence-electron chi connectivity index (χ2n) is 3.03. The molecule has 0 fully saturated rings. The molecular formula is C10H14N2S. The zero-order valence-corrected chi connectivity index (χ0v) is 8.84. The summed E-state index contributed by atoms with van der Waals surface area (Å²) in [6.07, 6.45) is 0.998. The van der Waals surface area contributed by atoms with Gasteiger partial charge in [-0.1, -0.05) is 6.07 Å². The van der Waals surface area contributed by atoms with E-state index >= 15 is 0 Å². The minimum absolute atomic E-state index is 0.297. The molecule has 0 aliphatic rings. The number of aliphatic imine (C=N–C) groups is 2. The smallest absolute Gasteiger partial charge is 0.0895 e. The van der Waals surface area contributed by atoms with E-state index < -0.39 is 0 Å². The molecule has 0 unspecified atom stereocenters. The van der Waals surface area contributed by atoms with Gasteiger partial charge < -0.3 is 0 Å². The van der Waals surface area contributed by atoms with Crippen molar-refractivity contribution in [3.63, 3.8) is 0 Å². The highest BCUT2D eigenvalue weighted by atomic mass is 32.1. The lowest BCUT2D eigenvalue weighted by atomic mass is 10.3. The Bertz CT molecular complexity index is 282. The Kier molecular flexibility index (Phi) is 4.44. The molecule has 1 rings (SSSR count). The molecule has 13 heavy (non-hydrogen) atoms. The van der Waals surface area contributed by atoms with Gasteiger partial charge in [-0.15, -0.1) is 11.3 Å².